The summed E-state index contributed by atoms with van der Waals surface area (Å²) < 4.78 is 0. The quantitative estimate of drug-likeness (QED) is 0.691. The average Bonchev–Trinajstić information content (AvgIpc) is 2.05. The van der Waals surface area contributed by atoms with Gasteiger partial charge in [0.25, 0.3) is 0 Å². The van der Waals surface area contributed by atoms with E-state index < -0.39 is 0 Å². The van der Waals surface area contributed by atoms with Crippen LogP contribution in [0.1, 0.15) is 13.3 Å². The van der Waals surface area contributed by atoms with E-state index in [4.69, 9.17) is 5.11 Å². The molecule has 4 heteroatoms. The number of rotatable bonds is 4. The van der Waals surface area contributed by atoms with Gasteiger partial charge in [0.15, 0.2) is 0 Å². The Morgan fingerprint density at radius 2 is 2.50 bits per heavy atom. The van der Waals surface area contributed by atoms with E-state index in [9.17, 15) is 0 Å². The van der Waals surface area contributed by atoms with E-state index in [0.29, 0.717) is 0 Å². The lowest BCUT2D eigenvalue weighted by atomic mass is 10.3. The third-order valence-corrected chi connectivity index (χ3v) is 1.45. The molecule has 0 fully saturated rings. The lowest BCUT2D eigenvalue weighted by Gasteiger charge is -2.05. The molecule has 0 amide bonds. The molecular weight excluding hydrogens is 154 g/mol. The van der Waals surface area contributed by atoms with Crippen molar-refractivity contribution in [3.8, 4) is 0 Å². The van der Waals surface area contributed by atoms with Crippen molar-refractivity contribution in [2.24, 2.45) is 0 Å². The molecule has 1 heterocycles. The maximum absolute atomic E-state index is 8.96. The highest BCUT2D eigenvalue weighted by Gasteiger charge is 1.95. The first-order valence-electron chi connectivity index (χ1n) is 3.97. The van der Waals surface area contributed by atoms with Crippen LogP contribution >= 0.6 is 0 Å². The predicted molar refractivity (Wildman–Crippen MR) is 46.8 cm³/mol. The predicted octanol–water partition coefficient (Wildman–Crippen LogP) is 0.659. The van der Waals surface area contributed by atoms with E-state index in [0.717, 1.165) is 18.8 Å². The summed E-state index contributed by atoms with van der Waals surface area (Å²) in [5.41, 5.74) is 0. The zero-order chi connectivity index (χ0) is 8.81. The second-order valence-corrected chi connectivity index (χ2v) is 2.66. The van der Waals surface area contributed by atoms with Crippen LogP contribution in [-0.4, -0.2) is 27.7 Å². The summed E-state index contributed by atoms with van der Waals surface area (Å²) >= 11 is 0. The number of hydrogen-bond acceptors (Lipinski definition) is 4. The Morgan fingerprint density at radius 1 is 1.67 bits per heavy atom. The lowest BCUT2D eigenvalue weighted by molar-refractivity contribution is 0.188. The Morgan fingerprint density at radius 3 is 3.08 bits per heavy atom. The van der Waals surface area contributed by atoms with Gasteiger partial charge in [-0.1, -0.05) is 0 Å². The number of aromatic nitrogens is 2. The smallest absolute Gasteiger partial charge is 0.129 e. The molecule has 0 aliphatic heterocycles. The molecule has 0 bridgehead atoms. The Hall–Kier alpha value is -1.16. The van der Waals surface area contributed by atoms with Gasteiger partial charge in [-0.25, -0.2) is 9.97 Å². The molecule has 0 aliphatic rings. The molecule has 4 nitrogen and oxygen atoms in total. The zero-order valence-electron chi connectivity index (χ0n) is 7.07. The monoisotopic (exact) mass is 167 g/mol. The summed E-state index contributed by atoms with van der Waals surface area (Å²) in [5, 5.41) is 12.0. The summed E-state index contributed by atoms with van der Waals surface area (Å²) in [4.78, 5) is 7.76. The molecule has 66 valence electrons. The largest absolute Gasteiger partial charge is 0.393 e. The molecule has 1 aromatic heterocycles. The molecule has 1 aromatic rings. The first-order chi connectivity index (χ1) is 5.79. The van der Waals surface area contributed by atoms with Crippen LogP contribution in [0, 0.1) is 0 Å². The van der Waals surface area contributed by atoms with Crippen LogP contribution in [0.2, 0.25) is 0 Å². The Labute approximate surface area is 71.7 Å². The Bertz CT molecular complexity index is 213. The molecule has 1 unspecified atom stereocenters. The van der Waals surface area contributed by atoms with Crippen molar-refractivity contribution in [2.45, 2.75) is 19.4 Å². The maximum Gasteiger partial charge on any atom is 0.129 e. The minimum Gasteiger partial charge on any atom is -0.393 e. The third-order valence-electron chi connectivity index (χ3n) is 1.45. The van der Waals surface area contributed by atoms with Crippen LogP contribution < -0.4 is 5.32 Å². The molecule has 12 heavy (non-hydrogen) atoms. The highest BCUT2D eigenvalue weighted by molar-refractivity contribution is 5.31. The van der Waals surface area contributed by atoms with Gasteiger partial charge in [-0.2, -0.15) is 0 Å². The topological polar surface area (TPSA) is 58.0 Å². The highest BCUT2D eigenvalue weighted by atomic mass is 16.3. The SMILES string of the molecule is CC(O)CCNc1ccncn1. The van der Waals surface area contributed by atoms with Crippen molar-refractivity contribution in [3.05, 3.63) is 18.6 Å². The van der Waals surface area contributed by atoms with Gasteiger partial charge in [0, 0.05) is 12.7 Å². The second-order valence-electron chi connectivity index (χ2n) is 2.66. The molecule has 0 spiro atoms. The Balaban J connectivity index is 2.25. The normalized spacial score (nSPS) is 12.5. The van der Waals surface area contributed by atoms with Gasteiger partial charge < -0.3 is 10.4 Å². The van der Waals surface area contributed by atoms with E-state index >= 15 is 0 Å². The summed E-state index contributed by atoms with van der Waals surface area (Å²) in [6.07, 6.45) is 3.63. The van der Waals surface area contributed by atoms with Crippen LogP contribution in [0.5, 0.6) is 0 Å². The molecule has 0 radical (unpaired) electrons. The minimum atomic E-state index is -0.265. The van der Waals surface area contributed by atoms with Crippen molar-refractivity contribution in [1.29, 1.82) is 0 Å². The highest BCUT2D eigenvalue weighted by Crippen LogP contribution is 1.98. The summed E-state index contributed by atoms with van der Waals surface area (Å²) in [6.45, 7) is 2.50. The van der Waals surface area contributed by atoms with E-state index in [1.165, 1.54) is 6.33 Å². The number of hydrogen-bond donors (Lipinski definition) is 2. The zero-order valence-corrected chi connectivity index (χ0v) is 7.07. The third kappa shape index (κ3) is 3.30. The van der Waals surface area contributed by atoms with Crippen molar-refractivity contribution in [2.75, 3.05) is 11.9 Å². The fraction of sp³-hybridized carbons (Fsp3) is 0.500. The first kappa shape index (κ1) is 8.93. The molecule has 0 saturated heterocycles. The number of nitrogens with one attached hydrogen (secondary N) is 1. The van der Waals surface area contributed by atoms with Gasteiger partial charge in [0.1, 0.15) is 12.1 Å². The van der Waals surface area contributed by atoms with E-state index in [1.54, 1.807) is 19.2 Å². The number of aliphatic hydroxyl groups is 1. The van der Waals surface area contributed by atoms with E-state index in [1.807, 2.05) is 0 Å². The van der Waals surface area contributed by atoms with Gasteiger partial charge >= 0.3 is 0 Å². The van der Waals surface area contributed by atoms with Crippen LogP contribution in [0.4, 0.5) is 5.82 Å². The second kappa shape index (κ2) is 4.66. The van der Waals surface area contributed by atoms with Crippen molar-refractivity contribution >= 4 is 5.82 Å². The van der Waals surface area contributed by atoms with Crippen LogP contribution in [-0.2, 0) is 0 Å². The number of aliphatic hydroxyl groups excluding tert-OH is 1. The van der Waals surface area contributed by atoms with Gasteiger partial charge in [-0.05, 0) is 19.4 Å². The van der Waals surface area contributed by atoms with Gasteiger partial charge in [-0.3, -0.25) is 0 Å². The molecule has 1 atom stereocenters. The molecule has 0 saturated carbocycles. The number of anilines is 1. The molecule has 2 N–H and O–H groups in total. The van der Waals surface area contributed by atoms with Crippen LogP contribution in [0.25, 0.3) is 0 Å². The van der Waals surface area contributed by atoms with E-state index in [2.05, 4.69) is 15.3 Å². The Kier molecular flexibility index (Phi) is 3.47. The molecular formula is C8H13N3O. The van der Waals surface area contributed by atoms with Crippen molar-refractivity contribution in [3.63, 3.8) is 0 Å². The first-order valence-corrected chi connectivity index (χ1v) is 3.97. The van der Waals surface area contributed by atoms with E-state index in [-0.39, 0.29) is 6.10 Å². The van der Waals surface area contributed by atoms with Gasteiger partial charge in [0.2, 0.25) is 0 Å². The van der Waals surface area contributed by atoms with Crippen molar-refractivity contribution < 1.29 is 5.11 Å². The lowest BCUT2D eigenvalue weighted by Crippen LogP contribution is -2.10. The number of nitrogens with zero attached hydrogens (tertiary/aromatic N) is 2. The van der Waals surface area contributed by atoms with Gasteiger partial charge in [0.05, 0.1) is 6.10 Å². The standard InChI is InChI=1S/C8H13N3O/c1-7(12)2-5-10-8-3-4-9-6-11-8/h3-4,6-7,12H,2,5H2,1H3,(H,9,10,11). The molecule has 0 aliphatic carbocycles. The summed E-state index contributed by atoms with van der Waals surface area (Å²) in [7, 11) is 0. The average molecular weight is 167 g/mol. The van der Waals surface area contributed by atoms with Crippen LogP contribution in [0.3, 0.4) is 0 Å². The fourth-order valence-corrected chi connectivity index (χ4v) is 0.804. The van der Waals surface area contributed by atoms with Crippen LogP contribution in [0.15, 0.2) is 18.6 Å². The molecule has 0 aromatic carbocycles. The fourth-order valence-electron chi connectivity index (χ4n) is 0.804. The minimum absolute atomic E-state index is 0.265. The maximum atomic E-state index is 8.96. The summed E-state index contributed by atoms with van der Waals surface area (Å²) in [5.74, 6) is 0.797. The summed E-state index contributed by atoms with van der Waals surface area (Å²) in [6, 6.07) is 1.79. The van der Waals surface area contributed by atoms with Crippen molar-refractivity contribution in [1.82, 2.24) is 9.97 Å². The molecule has 1 rings (SSSR count). The van der Waals surface area contributed by atoms with Gasteiger partial charge in [-0.15, -0.1) is 0 Å².